The van der Waals surface area contributed by atoms with Crippen LogP contribution in [0.2, 0.25) is 0 Å². The Bertz CT molecular complexity index is 734. The molecule has 0 aliphatic heterocycles. The largest absolute Gasteiger partial charge is 0.396 e. The van der Waals surface area contributed by atoms with Crippen LogP contribution in [-0.4, -0.2) is 21.3 Å². The van der Waals surface area contributed by atoms with Crippen LogP contribution in [-0.2, 0) is 6.54 Å². The molecule has 0 amide bonds. The van der Waals surface area contributed by atoms with Gasteiger partial charge in [0, 0.05) is 19.1 Å². The molecule has 0 bridgehead atoms. The number of aliphatic hydroxyl groups is 1. The summed E-state index contributed by atoms with van der Waals surface area (Å²) >= 11 is 0. The van der Waals surface area contributed by atoms with Gasteiger partial charge in [0.2, 0.25) is 0 Å². The van der Waals surface area contributed by atoms with Crippen molar-refractivity contribution in [2.75, 3.05) is 6.61 Å². The van der Waals surface area contributed by atoms with Crippen LogP contribution in [0.4, 0.5) is 0 Å². The monoisotopic (exact) mass is 294 g/mol. The lowest BCUT2D eigenvalue weighted by Gasteiger charge is -2.17. The Morgan fingerprint density at radius 1 is 1.05 bits per heavy atom. The molecule has 3 aromatic rings. The Morgan fingerprint density at radius 2 is 1.77 bits per heavy atom. The first-order chi connectivity index (χ1) is 10.8. The van der Waals surface area contributed by atoms with Crippen molar-refractivity contribution in [2.24, 2.45) is 0 Å². The summed E-state index contributed by atoms with van der Waals surface area (Å²) < 4.78 is 2.27. The second kappa shape index (κ2) is 6.75. The van der Waals surface area contributed by atoms with E-state index < -0.39 is 0 Å². The maximum Gasteiger partial charge on any atom is 0.117 e. The maximum absolute atomic E-state index is 9.21. The number of aliphatic hydroxyl groups excluding tert-OH is 1. The van der Waals surface area contributed by atoms with Crippen molar-refractivity contribution in [3.63, 3.8) is 0 Å². The normalized spacial score (nSPS) is 12.6. The van der Waals surface area contributed by atoms with Crippen molar-refractivity contribution in [2.45, 2.75) is 32.2 Å². The van der Waals surface area contributed by atoms with Crippen LogP contribution in [0.1, 0.15) is 37.1 Å². The molecule has 0 spiro atoms. The molecular formula is C19H22N2O. The smallest absolute Gasteiger partial charge is 0.117 e. The number of fused-ring (bicyclic) bond motifs is 1. The Balaban J connectivity index is 2.11. The third-order valence-electron chi connectivity index (χ3n) is 4.15. The quantitative estimate of drug-likeness (QED) is 0.747. The van der Waals surface area contributed by atoms with Crippen LogP contribution >= 0.6 is 0 Å². The highest BCUT2D eigenvalue weighted by Gasteiger charge is 2.20. The van der Waals surface area contributed by atoms with Gasteiger partial charge < -0.3 is 9.67 Å². The van der Waals surface area contributed by atoms with Gasteiger partial charge in [0.25, 0.3) is 0 Å². The Labute approximate surface area is 131 Å². The van der Waals surface area contributed by atoms with E-state index in [1.165, 1.54) is 5.56 Å². The van der Waals surface area contributed by atoms with Crippen LogP contribution in [0, 0.1) is 0 Å². The summed E-state index contributed by atoms with van der Waals surface area (Å²) in [4.78, 5) is 4.89. The molecule has 1 N–H and O–H groups in total. The zero-order chi connectivity index (χ0) is 15.4. The van der Waals surface area contributed by atoms with Gasteiger partial charge in [0.05, 0.1) is 11.0 Å². The molecule has 0 aliphatic carbocycles. The van der Waals surface area contributed by atoms with E-state index in [1.807, 2.05) is 18.2 Å². The number of hydrogen-bond acceptors (Lipinski definition) is 2. The standard InChI is InChI=1S/C19H22N2O/c1-2-16(15-9-4-3-5-10-15)19-20-17-11-6-7-12-18(17)21(19)13-8-14-22/h3-7,9-12,16,22H,2,8,13-14H2,1H3. The zero-order valence-corrected chi connectivity index (χ0v) is 12.9. The molecule has 0 saturated carbocycles. The van der Waals surface area contributed by atoms with Gasteiger partial charge in [-0.15, -0.1) is 0 Å². The lowest BCUT2D eigenvalue weighted by molar-refractivity contribution is 0.279. The number of benzene rings is 2. The SMILES string of the molecule is CCC(c1ccccc1)c1nc2ccccc2n1CCCO. The second-order valence-corrected chi connectivity index (χ2v) is 5.56. The van der Waals surface area contributed by atoms with E-state index in [2.05, 4.69) is 47.9 Å². The van der Waals surface area contributed by atoms with Crippen molar-refractivity contribution >= 4 is 11.0 Å². The van der Waals surface area contributed by atoms with E-state index in [0.717, 1.165) is 36.2 Å². The number of imidazole rings is 1. The predicted octanol–water partition coefficient (Wildman–Crippen LogP) is 3.96. The topological polar surface area (TPSA) is 38.0 Å². The average molecular weight is 294 g/mol. The molecule has 114 valence electrons. The number of aromatic nitrogens is 2. The van der Waals surface area contributed by atoms with Crippen molar-refractivity contribution in [3.8, 4) is 0 Å². The number of rotatable bonds is 6. The van der Waals surface area contributed by atoms with E-state index in [9.17, 15) is 5.11 Å². The van der Waals surface area contributed by atoms with Gasteiger partial charge in [-0.3, -0.25) is 0 Å². The summed E-state index contributed by atoms with van der Waals surface area (Å²) in [6.45, 7) is 3.21. The molecule has 0 saturated heterocycles. The first kappa shape index (κ1) is 14.8. The average Bonchev–Trinajstić information content (AvgIpc) is 2.93. The summed E-state index contributed by atoms with van der Waals surface area (Å²) in [5, 5.41) is 9.21. The molecule has 0 radical (unpaired) electrons. The van der Waals surface area contributed by atoms with Crippen molar-refractivity contribution < 1.29 is 5.11 Å². The van der Waals surface area contributed by atoms with Crippen LogP contribution in [0.15, 0.2) is 54.6 Å². The van der Waals surface area contributed by atoms with Crippen LogP contribution in [0.5, 0.6) is 0 Å². The zero-order valence-electron chi connectivity index (χ0n) is 12.9. The lowest BCUT2D eigenvalue weighted by atomic mass is 9.95. The lowest BCUT2D eigenvalue weighted by Crippen LogP contribution is -2.11. The summed E-state index contributed by atoms with van der Waals surface area (Å²) in [6.07, 6.45) is 1.75. The van der Waals surface area contributed by atoms with Crippen LogP contribution in [0.3, 0.4) is 0 Å². The summed E-state index contributed by atoms with van der Waals surface area (Å²) in [6, 6.07) is 18.8. The van der Waals surface area contributed by atoms with E-state index in [0.29, 0.717) is 0 Å². The third-order valence-corrected chi connectivity index (χ3v) is 4.15. The third kappa shape index (κ3) is 2.77. The van der Waals surface area contributed by atoms with Gasteiger partial charge in [-0.05, 0) is 30.5 Å². The fourth-order valence-corrected chi connectivity index (χ4v) is 3.08. The summed E-state index contributed by atoms with van der Waals surface area (Å²) in [5.74, 6) is 1.38. The fourth-order valence-electron chi connectivity index (χ4n) is 3.08. The first-order valence-electron chi connectivity index (χ1n) is 7.96. The van der Waals surface area contributed by atoms with Crippen LogP contribution in [0.25, 0.3) is 11.0 Å². The minimum Gasteiger partial charge on any atom is -0.396 e. The van der Waals surface area contributed by atoms with Crippen molar-refractivity contribution in [1.29, 1.82) is 0 Å². The molecule has 1 unspecified atom stereocenters. The number of aryl methyl sites for hydroxylation is 1. The van der Waals surface area contributed by atoms with E-state index in [-0.39, 0.29) is 12.5 Å². The molecule has 3 heteroatoms. The molecule has 2 aromatic carbocycles. The Kier molecular flexibility index (Phi) is 4.54. The second-order valence-electron chi connectivity index (χ2n) is 5.56. The molecule has 1 heterocycles. The van der Waals surface area contributed by atoms with Crippen molar-refractivity contribution in [1.82, 2.24) is 9.55 Å². The molecule has 3 nitrogen and oxygen atoms in total. The van der Waals surface area contributed by atoms with Crippen molar-refractivity contribution in [3.05, 3.63) is 66.0 Å². The molecule has 1 atom stereocenters. The maximum atomic E-state index is 9.21. The molecule has 3 rings (SSSR count). The first-order valence-corrected chi connectivity index (χ1v) is 7.96. The van der Waals surface area contributed by atoms with Gasteiger partial charge in [0.15, 0.2) is 0 Å². The molecule has 0 fully saturated rings. The fraction of sp³-hybridized carbons (Fsp3) is 0.316. The number of hydrogen-bond donors (Lipinski definition) is 1. The summed E-state index contributed by atoms with van der Waals surface area (Å²) in [5.41, 5.74) is 3.48. The minimum atomic E-state index is 0.202. The van der Waals surface area contributed by atoms with Gasteiger partial charge >= 0.3 is 0 Å². The molecular weight excluding hydrogens is 272 g/mol. The molecule has 1 aromatic heterocycles. The van der Waals surface area contributed by atoms with Gasteiger partial charge in [-0.25, -0.2) is 4.98 Å². The highest BCUT2D eigenvalue weighted by atomic mass is 16.3. The van der Waals surface area contributed by atoms with Crippen LogP contribution < -0.4 is 0 Å². The number of para-hydroxylation sites is 2. The predicted molar refractivity (Wildman–Crippen MR) is 90.0 cm³/mol. The highest BCUT2D eigenvalue weighted by molar-refractivity contribution is 5.76. The van der Waals surface area contributed by atoms with E-state index in [4.69, 9.17) is 4.98 Å². The Morgan fingerprint density at radius 3 is 2.50 bits per heavy atom. The van der Waals surface area contributed by atoms with E-state index in [1.54, 1.807) is 0 Å². The van der Waals surface area contributed by atoms with E-state index >= 15 is 0 Å². The number of nitrogens with zero attached hydrogens (tertiary/aromatic N) is 2. The molecule has 22 heavy (non-hydrogen) atoms. The highest BCUT2D eigenvalue weighted by Crippen LogP contribution is 2.30. The summed E-state index contributed by atoms with van der Waals surface area (Å²) in [7, 11) is 0. The van der Waals surface area contributed by atoms with Gasteiger partial charge in [-0.2, -0.15) is 0 Å². The van der Waals surface area contributed by atoms with Gasteiger partial charge in [-0.1, -0.05) is 49.4 Å². The van der Waals surface area contributed by atoms with Gasteiger partial charge in [0.1, 0.15) is 5.82 Å². The minimum absolute atomic E-state index is 0.202. The Hall–Kier alpha value is -2.13. The molecule has 0 aliphatic rings.